The minimum atomic E-state index is 0.502. The highest BCUT2D eigenvalue weighted by atomic mass is 14.3. The Morgan fingerprint density at radius 3 is 2.44 bits per heavy atom. The van der Waals surface area contributed by atoms with E-state index >= 15 is 0 Å². The van der Waals surface area contributed by atoms with Crippen molar-refractivity contribution in [3.63, 3.8) is 0 Å². The fourth-order valence-electron chi connectivity index (χ4n) is 3.27. The smallest absolute Gasteiger partial charge is 0.00794 e. The van der Waals surface area contributed by atoms with Crippen molar-refractivity contribution >= 4 is 10.8 Å². The Bertz CT molecular complexity index is 753. The molecule has 0 radical (unpaired) electrons. The average Bonchev–Trinajstić information content (AvgIpc) is 2.73. The van der Waals surface area contributed by atoms with E-state index in [1.54, 1.807) is 0 Å². The molecule has 0 aliphatic heterocycles. The van der Waals surface area contributed by atoms with Crippen molar-refractivity contribution in [3.8, 4) is 11.1 Å². The van der Waals surface area contributed by atoms with E-state index in [0.717, 1.165) is 0 Å². The molecule has 0 bridgehead atoms. The van der Waals surface area contributed by atoms with Crippen LogP contribution in [0.5, 0.6) is 0 Å². The van der Waals surface area contributed by atoms with Crippen molar-refractivity contribution in [2.45, 2.75) is 12.8 Å². The van der Waals surface area contributed by atoms with Crippen LogP contribution in [0.25, 0.3) is 21.9 Å². The first-order valence-corrected chi connectivity index (χ1v) is 6.47. The first-order valence-electron chi connectivity index (χ1n) is 6.47. The van der Waals surface area contributed by atoms with E-state index in [-0.39, 0.29) is 0 Å². The second-order valence-electron chi connectivity index (χ2n) is 5.06. The Morgan fingerprint density at radius 1 is 0.722 bits per heavy atom. The highest BCUT2D eigenvalue weighted by Crippen LogP contribution is 2.47. The fraction of sp³-hybridized carbons (Fsp3) is 0.111. The Morgan fingerprint density at radius 2 is 1.50 bits per heavy atom. The van der Waals surface area contributed by atoms with Gasteiger partial charge in [-0.05, 0) is 33.0 Å². The van der Waals surface area contributed by atoms with Gasteiger partial charge in [-0.1, -0.05) is 67.6 Å². The minimum absolute atomic E-state index is 0.502. The van der Waals surface area contributed by atoms with E-state index in [1.165, 1.54) is 33.0 Å². The molecule has 0 N–H and O–H groups in total. The Balaban J connectivity index is 2.15. The topological polar surface area (TPSA) is 0 Å². The van der Waals surface area contributed by atoms with Crippen molar-refractivity contribution in [2.75, 3.05) is 0 Å². The lowest BCUT2D eigenvalue weighted by Gasteiger charge is -2.10. The van der Waals surface area contributed by atoms with Gasteiger partial charge in [-0.3, -0.25) is 0 Å². The van der Waals surface area contributed by atoms with Gasteiger partial charge in [0.25, 0.3) is 0 Å². The lowest BCUT2D eigenvalue weighted by Crippen LogP contribution is -1.90. The SMILES string of the molecule is CC1c2ccccc2-c2ccc3ccccc3c21. The van der Waals surface area contributed by atoms with Gasteiger partial charge in [0.05, 0.1) is 0 Å². The molecule has 1 unspecified atom stereocenters. The Labute approximate surface area is 107 Å². The molecule has 1 atom stereocenters. The van der Waals surface area contributed by atoms with Gasteiger partial charge in [-0.25, -0.2) is 0 Å². The standard InChI is InChI=1S/C18H14/c1-12-14-7-4-5-9-16(14)17-11-10-13-6-2-3-8-15(13)18(12)17/h2-12H,1H3. The largest absolute Gasteiger partial charge is 0.0619 e. The van der Waals surface area contributed by atoms with Crippen LogP contribution in [0.4, 0.5) is 0 Å². The maximum Gasteiger partial charge on any atom is 0.00794 e. The molecule has 0 saturated heterocycles. The van der Waals surface area contributed by atoms with Crippen LogP contribution in [0, 0.1) is 0 Å². The predicted octanol–water partition coefficient (Wildman–Crippen LogP) is 4.97. The average molecular weight is 230 g/mol. The maximum atomic E-state index is 2.32. The number of fused-ring (bicyclic) bond motifs is 5. The summed E-state index contributed by atoms with van der Waals surface area (Å²) in [5, 5.41) is 2.75. The molecule has 0 fully saturated rings. The third-order valence-corrected chi connectivity index (χ3v) is 4.12. The van der Waals surface area contributed by atoms with Gasteiger partial charge in [0.15, 0.2) is 0 Å². The van der Waals surface area contributed by atoms with Gasteiger partial charge in [0, 0.05) is 5.92 Å². The maximum absolute atomic E-state index is 2.32. The highest BCUT2D eigenvalue weighted by Gasteiger charge is 2.26. The van der Waals surface area contributed by atoms with Gasteiger partial charge < -0.3 is 0 Å². The molecule has 1 aliphatic carbocycles. The van der Waals surface area contributed by atoms with Gasteiger partial charge in [-0.2, -0.15) is 0 Å². The van der Waals surface area contributed by atoms with Crippen LogP contribution in [0.3, 0.4) is 0 Å². The molecule has 0 amide bonds. The molecule has 3 aromatic rings. The summed E-state index contributed by atoms with van der Waals surface area (Å²) in [4.78, 5) is 0. The zero-order valence-electron chi connectivity index (χ0n) is 10.4. The van der Waals surface area contributed by atoms with Crippen molar-refractivity contribution in [1.29, 1.82) is 0 Å². The first-order chi connectivity index (χ1) is 8.86. The summed E-state index contributed by atoms with van der Waals surface area (Å²) in [5.41, 5.74) is 5.78. The highest BCUT2D eigenvalue weighted by molar-refractivity contribution is 5.96. The first kappa shape index (κ1) is 9.90. The molecule has 0 heterocycles. The third kappa shape index (κ3) is 1.15. The van der Waals surface area contributed by atoms with Crippen molar-refractivity contribution in [3.05, 3.63) is 71.8 Å². The van der Waals surface area contributed by atoms with Crippen LogP contribution < -0.4 is 0 Å². The molecule has 3 aromatic carbocycles. The molecule has 18 heavy (non-hydrogen) atoms. The normalized spacial score (nSPS) is 16.6. The van der Waals surface area contributed by atoms with Crippen molar-refractivity contribution < 1.29 is 0 Å². The monoisotopic (exact) mass is 230 g/mol. The van der Waals surface area contributed by atoms with Gasteiger partial charge in [-0.15, -0.1) is 0 Å². The predicted molar refractivity (Wildman–Crippen MR) is 76.9 cm³/mol. The van der Waals surface area contributed by atoms with Crippen LogP contribution in [-0.2, 0) is 0 Å². The molecule has 1 aliphatic rings. The summed E-state index contributed by atoms with van der Waals surface area (Å²) in [6.07, 6.45) is 0. The minimum Gasteiger partial charge on any atom is -0.0619 e. The van der Waals surface area contributed by atoms with E-state index < -0.39 is 0 Å². The molecular formula is C18H14. The summed E-state index contributed by atoms with van der Waals surface area (Å²) in [6, 6.07) is 22.0. The fourth-order valence-corrected chi connectivity index (χ4v) is 3.27. The number of hydrogen-bond acceptors (Lipinski definition) is 0. The van der Waals surface area contributed by atoms with Crippen LogP contribution in [0.15, 0.2) is 60.7 Å². The summed E-state index contributed by atoms with van der Waals surface area (Å²) in [6.45, 7) is 2.32. The number of benzene rings is 3. The number of rotatable bonds is 0. The van der Waals surface area contributed by atoms with E-state index in [4.69, 9.17) is 0 Å². The molecule has 4 rings (SSSR count). The van der Waals surface area contributed by atoms with Crippen molar-refractivity contribution in [1.82, 2.24) is 0 Å². The van der Waals surface area contributed by atoms with Gasteiger partial charge in [0.2, 0.25) is 0 Å². The summed E-state index contributed by atoms with van der Waals surface area (Å²) in [7, 11) is 0. The van der Waals surface area contributed by atoms with E-state index in [2.05, 4.69) is 67.6 Å². The Kier molecular flexibility index (Phi) is 1.90. The molecule has 0 spiro atoms. The second kappa shape index (κ2) is 3.46. The summed E-state index contributed by atoms with van der Waals surface area (Å²) >= 11 is 0. The van der Waals surface area contributed by atoms with Crippen LogP contribution in [0.2, 0.25) is 0 Å². The van der Waals surface area contributed by atoms with E-state index in [0.29, 0.717) is 5.92 Å². The Hall–Kier alpha value is -2.08. The molecule has 86 valence electrons. The zero-order valence-corrected chi connectivity index (χ0v) is 10.4. The lowest BCUT2D eigenvalue weighted by molar-refractivity contribution is 0.967. The molecule has 0 saturated carbocycles. The van der Waals surface area contributed by atoms with E-state index in [1.807, 2.05) is 0 Å². The van der Waals surface area contributed by atoms with Crippen molar-refractivity contribution in [2.24, 2.45) is 0 Å². The number of hydrogen-bond donors (Lipinski definition) is 0. The van der Waals surface area contributed by atoms with Crippen LogP contribution in [-0.4, -0.2) is 0 Å². The summed E-state index contributed by atoms with van der Waals surface area (Å²) < 4.78 is 0. The zero-order chi connectivity index (χ0) is 12.1. The van der Waals surface area contributed by atoms with E-state index in [9.17, 15) is 0 Å². The molecule has 0 nitrogen and oxygen atoms in total. The molecular weight excluding hydrogens is 216 g/mol. The lowest BCUT2D eigenvalue weighted by atomic mass is 9.94. The molecule has 0 heteroatoms. The second-order valence-corrected chi connectivity index (χ2v) is 5.06. The van der Waals surface area contributed by atoms with Crippen LogP contribution >= 0.6 is 0 Å². The third-order valence-electron chi connectivity index (χ3n) is 4.12. The van der Waals surface area contributed by atoms with Crippen LogP contribution in [0.1, 0.15) is 24.0 Å². The summed E-state index contributed by atoms with van der Waals surface area (Å²) in [5.74, 6) is 0.502. The quantitative estimate of drug-likeness (QED) is 0.511. The molecule has 0 aromatic heterocycles. The van der Waals surface area contributed by atoms with Gasteiger partial charge in [0.1, 0.15) is 0 Å². The van der Waals surface area contributed by atoms with Gasteiger partial charge >= 0.3 is 0 Å².